The zero-order valence-corrected chi connectivity index (χ0v) is 15.0. The smallest absolute Gasteiger partial charge is 0.338 e. The monoisotopic (exact) mass is 370 g/mol. The van der Waals surface area contributed by atoms with Gasteiger partial charge in [0.1, 0.15) is 0 Å². The lowest BCUT2D eigenvalue weighted by molar-refractivity contribution is -0.124. The Morgan fingerprint density at radius 1 is 1.28 bits per heavy atom. The fourth-order valence-electron chi connectivity index (χ4n) is 2.27. The molecule has 0 aromatic heterocycles. The summed E-state index contributed by atoms with van der Waals surface area (Å²) in [6.07, 6.45) is 1.91. The van der Waals surface area contributed by atoms with Gasteiger partial charge in [0.25, 0.3) is 5.91 Å². The van der Waals surface area contributed by atoms with Crippen LogP contribution in [-0.4, -0.2) is 64.6 Å². The Bertz CT molecular complexity index is 709. The molecule has 1 aliphatic heterocycles. The number of rotatable bonds is 7. The highest BCUT2D eigenvalue weighted by molar-refractivity contribution is 7.89. The van der Waals surface area contributed by atoms with Crippen molar-refractivity contribution in [2.75, 3.05) is 33.9 Å². The highest BCUT2D eigenvalue weighted by Gasteiger charge is 2.19. The minimum atomic E-state index is -3.56. The number of amides is 1. The standard InChI is InChI=1S/C16H22N2O6S/c1-18(2)25(21,22)14-7-5-12(6-8-14)16(20)24-11-15(19)17-10-13-4-3-9-23-13/h5-8,13H,3-4,9-11H2,1-2H3,(H,17,19)/t13-/m1/s1. The van der Waals surface area contributed by atoms with Crippen LogP contribution in [0.4, 0.5) is 0 Å². The van der Waals surface area contributed by atoms with E-state index in [2.05, 4.69) is 5.32 Å². The van der Waals surface area contributed by atoms with Crippen molar-refractivity contribution in [3.8, 4) is 0 Å². The van der Waals surface area contributed by atoms with Crippen molar-refractivity contribution in [2.24, 2.45) is 0 Å². The van der Waals surface area contributed by atoms with Crippen molar-refractivity contribution in [1.82, 2.24) is 9.62 Å². The van der Waals surface area contributed by atoms with Crippen LogP contribution < -0.4 is 5.32 Å². The molecule has 0 aliphatic carbocycles. The van der Waals surface area contributed by atoms with Gasteiger partial charge in [-0.3, -0.25) is 4.79 Å². The predicted octanol–water partition coefficient (Wildman–Crippen LogP) is 0.389. The number of nitrogens with one attached hydrogen (secondary N) is 1. The topological polar surface area (TPSA) is 102 Å². The Morgan fingerprint density at radius 3 is 2.52 bits per heavy atom. The molecule has 0 spiro atoms. The number of hydrogen-bond acceptors (Lipinski definition) is 6. The Balaban J connectivity index is 1.83. The Morgan fingerprint density at radius 2 is 1.96 bits per heavy atom. The Hall–Kier alpha value is -1.97. The molecule has 25 heavy (non-hydrogen) atoms. The first-order valence-corrected chi connectivity index (χ1v) is 9.32. The van der Waals surface area contributed by atoms with Crippen molar-refractivity contribution < 1.29 is 27.5 Å². The predicted molar refractivity (Wildman–Crippen MR) is 89.6 cm³/mol. The van der Waals surface area contributed by atoms with Gasteiger partial charge in [-0.05, 0) is 37.1 Å². The molecule has 1 saturated heterocycles. The average molecular weight is 370 g/mol. The fraction of sp³-hybridized carbons (Fsp3) is 0.500. The lowest BCUT2D eigenvalue weighted by atomic mass is 10.2. The van der Waals surface area contributed by atoms with Gasteiger partial charge in [0.05, 0.1) is 16.6 Å². The second kappa shape index (κ2) is 8.41. The maximum absolute atomic E-state index is 12.0. The first-order chi connectivity index (χ1) is 11.8. The zero-order valence-electron chi connectivity index (χ0n) is 14.2. The number of ether oxygens (including phenoxy) is 2. The number of carbonyl (C=O) groups is 2. The highest BCUT2D eigenvalue weighted by Crippen LogP contribution is 2.14. The normalized spacial score (nSPS) is 17.5. The number of carbonyl (C=O) groups excluding carboxylic acids is 2. The summed E-state index contributed by atoms with van der Waals surface area (Å²) in [4.78, 5) is 23.7. The lowest BCUT2D eigenvalue weighted by Gasteiger charge is -2.12. The highest BCUT2D eigenvalue weighted by atomic mass is 32.2. The van der Waals surface area contributed by atoms with E-state index in [0.29, 0.717) is 13.2 Å². The van der Waals surface area contributed by atoms with Gasteiger partial charge in [-0.1, -0.05) is 0 Å². The Labute approximate surface area is 147 Å². The molecule has 0 unspecified atom stereocenters. The van der Waals surface area contributed by atoms with Gasteiger partial charge in [0, 0.05) is 27.2 Å². The average Bonchev–Trinajstić information content (AvgIpc) is 3.11. The van der Waals surface area contributed by atoms with Crippen LogP contribution in [0.15, 0.2) is 29.2 Å². The van der Waals surface area contributed by atoms with Crippen LogP contribution in [-0.2, 0) is 24.3 Å². The fourth-order valence-corrected chi connectivity index (χ4v) is 3.17. The van der Waals surface area contributed by atoms with E-state index < -0.39 is 28.5 Å². The largest absolute Gasteiger partial charge is 0.452 e. The Kier molecular flexibility index (Phi) is 6.51. The molecule has 138 valence electrons. The molecule has 2 rings (SSSR count). The molecule has 1 amide bonds. The van der Waals surface area contributed by atoms with E-state index in [1.54, 1.807) is 0 Å². The quantitative estimate of drug-likeness (QED) is 0.697. The molecule has 0 radical (unpaired) electrons. The second-order valence-corrected chi connectivity index (χ2v) is 7.98. The molecule has 8 nitrogen and oxygen atoms in total. The molecule has 1 heterocycles. The summed E-state index contributed by atoms with van der Waals surface area (Å²) in [5.74, 6) is -1.10. The summed E-state index contributed by atoms with van der Waals surface area (Å²) in [6.45, 7) is 0.700. The van der Waals surface area contributed by atoms with Crippen LogP contribution in [0.25, 0.3) is 0 Å². The maximum atomic E-state index is 12.0. The van der Waals surface area contributed by atoms with Gasteiger partial charge in [-0.15, -0.1) is 0 Å². The molecular weight excluding hydrogens is 348 g/mol. The molecule has 0 bridgehead atoms. The van der Waals surface area contributed by atoms with Crippen LogP contribution in [0.2, 0.25) is 0 Å². The molecular formula is C16H22N2O6S. The van der Waals surface area contributed by atoms with Gasteiger partial charge in [-0.2, -0.15) is 0 Å². The number of sulfonamides is 1. The van der Waals surface area contributed by atoms with Crippen molar-refractivity contribution in [3.63, 3.8) is 0 Å². The molecule has 1 aromatic carbocycles. The number of benzene rings is 1. The molecule has 1 aromatic rings. The van der Waals surface area contributed by atoms with Gasteiger partial charge in [-0.25, -0.2) is 17.5 Å². The van der Waals surface area contributed by atoms with Crippen molar-refractivity contribution in [3.05, 3.63) is 29.8 Å². The third kappa shape index (κ3) is 5.25. The van der Waals surface area contributed by atoms with E-state index in [0.717, 1.165) is 17.1 Å². The third-order valence-electron chi connectivity index (χ3n) is 3.75. The summed E-state index contributed by atoms with van der Waals surface area (Å²) < 4.78 is 35.3. The molecule has 0 saturated carbocycles. The van der Waals surface area contributed by atoms with Gasteiger partial charge >= 0.3 is 5.97 Å². The van der Waals surface area contributed by atoms with E-state index in [-0.39, 0.29) is 16.6 Å². The summed E-state index contributed by atoms with van der Waals surface area (Å²) in [6, 6.07) is 5.35. The van der Waals surface area contributed by atoms with E-state index in [4.69, 9.17) is 9.47 Å². The minimum absolute atomic E-state index is 0.0193. The van der Waals surface area contributed by atoms with Crippen LogP contribution in [0.5, 0.6) is 0 Å². The number of nitrogens with zero attached hydrogens (tertiary/aromatic N) is 1. The molecule has 1 aliphatic rings. The summed E-state index contributed by atoms with van der Waals surface area (Å²) >= 11 is 0. The van der Waals surface area contributed by atoms with Crippen LogP contribution in [0, 0.1) is 0 Å². The SMILES string of the molecule is CN(C)S(=O)(=O)c1ccc(C(=O)OCC(=O)NC[C@H]2CCCO2)cc1. The van der Waals surface area contributed by atoms with Crippen LogP contribution in [0.3, 0.4) is 0 Å². The summed E-state index contributed by atoms with van der Waals surface area (Å²) in [7, 11) is -0.709. The van der Waals surface area contributed by atoms with E-state index in [9.17, 15) is 18.0 Å². The lowest BCUT2D eigenvalue weighted by Crippen LogP contribution is -2.34. The molecule has 1 fully saturated rings. The second-order valence-electron chi connectivity index (χ2n) is 5.83. The van der Waals surface area contributed by atoms with Crippen molar-refractivity contribution in [1.29, 1.82) is 0 Å². The first kappa shape index (κ1) is 19.4. The van der Waals surface area contributed by atoms with E-state index in [1.807, 2.05) is 0 Å². The maximum Gasteiger partial charge on any atom is 0.338 e. The summed E-state index contributed by atoms with van der Waals surface area (Å²) in [5, 5.41) is 2.65. The van der Waals surface area contributed by atoms with Crippen LogP contribution >= 0.6 is 0 Å². The van der Waals surface area contributed by atoms with E-state index >= 15 is 0 Å². The van der Waals surface area contributed by atoms with Gasteiger partial charge < -0.3 is 14.8 Å². The van der Waals surface area contributed by atoms with Gasteiger partial charge in [0.15, 0.2) is 6.61 Å². The van der Waals surface area contributed by atoms with Crippen molar-refractivity contribution >= 4 is 21.9 Å². The van der Waals surface area contributed by atoms with E-state index in [1.165, 1.54) is 38.4 Å². The summed E-state index contributed by atoms with van der Waals surface area (Å²) in [5.41, 5.74) is 0.171. The zero-order chi connectivity index (χ0) is 18.4. The molecule has 9 heteroatoms. The first-order valence-electron chi connectivity index (χ1n) is 7.88. The van der Waals surface area contributed by atoms with Crippen molar-refractivity contribution in [2.45, 2.75) is 23.8 Å². The number of hydrogen-bond donors (Lipinski definition) is 1. The molecule has 1 atom stereocenters. The molecule has 1 N–H and O–H groups in total. The third-order valence-corrected chi connectivity index (χ3v) is 5.58. The minimum Gasteiger partial charge on any atom is -0.452 e. The number of esters is 1. The van der Waals surface area contributed by atoms with Gasteiger partial charge in [0.2, 0.25) is 10.0 Å². The van der Waals surface area contributed by atoms with Crippen LogP contribution in [0.1, 0.15) is 23.2 Å².